The van der Waals surface area contributed by atoms with Crippen LogP contribution in [0.2, 0.25) is 50.4 Å². The van der Waals surface area contributed by atoms with Gasteiger partial charge in [0.1, 0.15) is 0 Å². The van der Waals surface area contributed by atoms with Crippen LogP contribution in [0, 0.1) is 0 Å². The van der Waals surface area contributed by atoms with Gasteiger partial charge in [0.2, 0.25) is 0 Å². The molecule has 1 saturated heterocycles. The molecule has 0 aromatic carbocycles. The Kier molecular flexibility index (Phi) is 13.6. The molecule has 1 aliphatic rings. The van der Waals surface area contributed by atoms with Crippen LogP contribution in [0.15, 0.2) is 0 Å². The van der Waals surface area contributed by atoms with E-state index in [-0.39, 0.29) is 0 Å². The average molecular weight is 457 g/mol. The number of nitrogens with zero attached hydrogens (tertiary/aromatic N) is 4. The summed E-state index contributed by atoms with van der Waals surface area (Å²) in [7, 11) is -2.25. The minimum absolute atomic E-state index is 1.13. The first kappa shape index (κ1) is 28.3. The first-order valence-corrected chi connectivity index (χ1v) is 19.9. The fourth-order valence-electron chi connectivity index (χ4n) is 4.37. The highest BCUT2D eigenvalue weighted by Crippen LogP contribution is 2.19. The molecular weight excluding hydrogens is 400 g/mol. The zero-order valence-electron chi connectivity index (χ0n) is 22.1. The van der Waals surface area contributed by atoms with Crippen molar-refractivity contribution in [3.05, 3.63) is 0 Å². The highest BCUT2D eigenvalue weighted by Gasteiger charge is 2.25. The molecule has 0 bridgehead atoms. The van der Waals surface area contributed by atoms with Crippen LogP contribution in [-0.4, -0.2) is 114 Å². The fraction of sp³-hybridized carbons (Fsp3) is 1.00. The summed E-state index contributed by atoms with van der Waals surface area (Å²) in [6, 6.07) is 5.80. The Morgan fingerprint density at radius 2 is 0.600 bits per heavy atom. The van der Waals surface area contributed by atoms with Gasteiger partial charge in [-0.25, -0.2) is 0 Å². The summed E-state index contributed by atoms with van der Waals surface area (Å²) in [6.07, 6.45) is 0. The van der Waals surface area contributed by atoms with Crippen LogP contribution < -0.4 is 0 Å². The molecule has 0 amide bonds. The predicted octanol–water partition coefficient (Wildman–Crippen LogP) is 4.70. The van der Waals surface area contributed by atoms with Gasteiger partial charge < -0.3 is 19.6 Å². The summed E-state index contributed by atoms with van der Waals surface area (Å²) < 4.78 is 0. The Labute approximate surface area is 192 Å². The van der Waals surface area contributed by atoms with Crippen molar-refractivity contribution in [1.29, 1.82) is 0 Å². The van der Waals surface area contributed by atoms with Gasteiger partial charge in [-0.2, -0.15) is 0 Å². The van der Waals surface area contributed by atoms with Gasteiger partial charge in [0.15, 0.2) is 0 Å². The highest BCUT2D eigenvalue weighted by atomic mass is 28.3. The topological polar surface area (TPSA) is 13.0 Å². The molecule has 0 aromatic heterocycles. The van der Waals surface area contributed by atoms with Gasteiger partial charge in [-0.1, -0.05) is 53.9 Å². The first-order chi connectivity index (χ1) is 14.1. The van der Waals surface area contributed by atoms with Gasteiger partial charge in [-0.15, -0.1) is 0 Å². The van der Waals surface area contributed by atoms with E-state index in [1.807, 2.05) is 0 Å². The van der Waals surface area contributed by atoms with E-state index < -0.39 is 16.1 Å². The summed E-state index contributed by atoms with van der Waals surface area (Å²) >= 11 is 0. The fourth-order valence-corrected chi connectivity index (χ4v) is 8.56. The molecule has 6 heteroatoms. The molecule has 0 spiro atoms. The van der Waals surface area contributed by atoms with Crippen molar-refractivity contribution in [3.63, 3.8) is 0 Å². The molecular formula is C24H56N4Si2. The molecule has 1 rings (SSSR count). The molecule has 30 heavy (non-hydrogen) atoms. The molecule has 0 N–H and O–H groups in total. The summed E-state index contributed by atoms with van der Waals surface area (Å²) in [6.45, 7) is 35.0. The molecule has 180 valence electrons. The maximum Gasteiger partial charge on any atom is 0.0498 e. The predicted molar refractivity (Wildman–Crippen MR) is 143 cm³/mol. The van der Waals surface area contributed by atoms with Gasteiger partial charge in [0.05, 0.1) is 0 Å². The Balaban J connectivity index is 2.84. The van der Waals surface area contributed by atoms with E-state index in [0.717, 1.165) is 0 Å². The summed E-state index contributed by atoms with van der Waals surface area (Å²) in [5, 5.41) is 0. The zero-order chi connectivity index (χ0) is 22.6. The second kappa shape index (κ2) is 14.4. The zero-order valence-corrected chi connectivity index (χ0v) is 24.1. The summed E-state index contributed by atoms with van der Waals surface area (Å²) in [5.74, 6) is 0. The smallest absolute Gasteiger partial charge is 0.0498 e. The molecule has 0 saturated carbocycles. The van der Waals surface area contributed by atoms with Crippen LogP contribution in [0.4, 0.5) is 0 Å². The van der Waals surface area contributed by atoms with Crippen molar-refractivity contribution in [1.82, 2.24) is 19.6 Å². The van der Waals surface area contributed by atoms with Gasteiger partial charge in [-0.3, -0.25) is 0 Å². The van der Waals surface area contributed by atoms with Crippen molar-refractivity contribution in [2.45, 2.75) is 78.1 Å². The Morgan fingerprint density at radius 1 is 0.400 bits per heavy atom. The maximum absolute atomic E-state index is 2.72. The molecule has 1 heterocycles. The normalized spacial score (nSPS) is 25.6. The highest BCUT2D eigenvalue weighted by molar-refractivity contribution is 6.77. The van der Waals surface area contributed by atoms with Crippen molar-refractivity contribution >= 4 is 16.1 Å². The largest absolute Gasteiger partial charge is 0.303 e. The van der Waals surface area contributed by atoms with E-state index in [2.05, 4.69) is 73.5 Å². The van der Waals surface area contributed by atoms with E-state index in [1.165, 1.54) is 103 Å². The summed E-state index contributed by atoms with van der Waals surface area (Å²) in [4.78, 5) is 10.9. The lowest BCUT2D eigenvalue weighted by Crippen LogP contribution is -2.43. The first-order valence-electron chi connectivity index (χ1n) is 13.0. The quantitative estimate of drug-likeness (QED) is 0.568. The van der Waals surface area contributed by atoms with Gasteiger partial charge in [0.25, 0.3) is 0 Å². The van der Waals surface area contributed by atoms with Crippen LogP contribution in [0.1, 0.15) is 27.7 Å². The second-order valence-electron chi connectivity index (χ2n) is 11.1. The third-order valence-electron chi connectivity index (χ3n) is 7.67. The van der Waals surface area contributed by atoms with Crippen LogP contribution in [-0.2, 0) is 0 Å². The van der Waals surface area contributed by atoms with E-state index in [9.17, 15) is 0 Å². The molecule has 4 nitrogen and oxygen atoms in total. The van der Waals surface area contributed by atoms with E-state index >= 15 is 0 Å². The SMILES string of the molecule is CCN1CCN(CC)CC[Si](C)(C)CCN(CC)CCN(CC)CC[Si](C)(C)CC1. The van der Waals surface area contributed by atoms with Crippen molar-refractivity contribution in [3.8, 4) is 0 Å². The van der Waals surface area contributed by atoms with Crippen molar-refractivity contribution in [2.75, 3.05) is 78.5 Å². The number of hydrogen-bond acceptors (Lipinski definition) is 4. The Bertz CT molecular complexity index is 369. The third-order valence-corrected chi connectivity index (χ3v) is 14.0. The number of likely N-dealkylation sites (N-methyl/N-ethyl adjacent to an activating group) is 4. The van der Waals surface area contributed by atoms with Crippen molar-refractivity contribution < 1.29 is 0 Å². The standard InChI is InChI=1S/C24H56N4Si2/c1-9-25-13-14-26(10-2)18-23-30(7,8)24-20-28(12-4)16-15-27(11-3)19-22-29(5,6)21-17-25/h9-24H2,1-8H3. The maximum atomic E-state index is 2.72. The lowest BCUT2D eigenvalue weighted by atomic mass is 10.4. The van der Waals surface area contributed by atoms with E-state index in [4.69, 9.17) is 0 Å². The lowest BCUT2D eigenvalue weighted by molar-refractivity contribution is 0.221. The minimum atomic E-state index is -1.13. The number of hydrogen-bond donors (Lipinski definition) is 0. The van der Waals surface area contributed by atoms with E-state index in [1.54, 1.807) is 0 Å². The minimum Gasteiger partial charge on any atom is -0.303 e. The third kappa shape index (κ3) is 11.8. The van der Waals surface area contributed by atoms with Gasteiger partial charge in [0, 0.05) is 42.3 Å². The lowest BCUT2D eigenvalue weighted by Gasteiger charge is -2.34. The van der Waals surface area contributed by atoms with Gasteiger partial charge in [-0.05, 0) is 76.5 Å². The Hall–Kier alpha value is 0.274. The molecule has 1 fully saturated rings. The van der Waals surface area contributed by atoms with Crippen LogP contribution >= 0.6 is 0 Å². The van der Waals surface area contributed by atoms with Crippen LogP contribution in [0.5, 0.6) is 0 Å². The molecule has 0 atom stereocenters. The van der Waals surface area contributed by atoms with Gasteiger partial charge >= 0.3 is 0 Å². The molecule has 0 aliphatic carbocycles. The summed E-state index contributed by atoms with van der Waals surface area (Å²) in [5.41, 5.74) is 0. The number of rotatable bonds is 4. The average Bonchev–Trinajstić information content (AvgIpc) is 2.71. The monoisotopic (exact) mass is 456 g/mol. The van der Waals surface area contributed by atoms with Crippen molar-refractivity contribution in [2.24, 2.45) is 0 Å². The van der Waals surface area contributed by atoms with Crippen LogP contribution in [0.3, 0.4) is 0 Å². The van der Waals surface area contributed by atoms with E-state index in [0.29, 0.717) is 0 Å². The van der Waals surface area contributed by atoms with Crippen LogP contribution in [0.25, 0.3) is 0 Å². The second-order valence-corrected chi connectivity index (χ2v) is 21.7. The molecule has 0 unspecified atom stereocenters. The molecule has 0 aromatic rings. The molecule has 0 radical (unpaired) electrons. The molecule has 1 aliphatic heterocycles. The Morgan fingerprint density at radius 3 is 0.767 bits per heavy atom.